The van der Waals surface area contributed by atoms with Crippen molar-refractivity contribution in [3.05, 3.63) is 27.6 Å². The van der Waals surface area contributed by atoms with E-state index in [1.54, 1.807) is 12.1 Å². The molecule has 1 saturated heterocycles. The van der Waals surface area contributed by atoms with E-state index in [2.05, 4.69) is 32.8 Å². The van der Waals surface area contributed by atoms with E-state index in [9.17, 15) is 4.39 Å². The molecule has 1 atom stereocenters. The van der Waals surface area contributed by atoms with E-state index in [0.29, 0.717) is 6.04 Å². The van der Waals surface area contributed by atoms with Crippen molar-refractivity contribution in [1.82, 2.24) is 5.32 Å². The molecular formula is C13H16FIN2. The highest BCUT2D eigenvalue weighted by molar-refractivity contribution is 14.1. The molecule has 2 nitrogen and oxygen atoms in total. The molecule has 1 saturated carbocycles. The highest BCUT2D eigenvalue weighted by Crippen LogP contribution is 2.28. The molecule has 4 heteroatoms. The minimum atomic E-state index is -0.148. The van der Waals surface area contributed by atoms with Gasteiger partial charge < -0.3 is 10.2 Å². The standard InChI is InChI=1S/C13H16FIN2/c14-9-1-4-13(12(15)7-9)17-6-5-11(8-17)16-10-2-3-10/h1,4,7,10-11,16H,2-3,5-6,8H2. The third-order valence-electron chi connectivity index (χ3n) is 3.49. The van der Waals surface area contributed by atoms with Gasteiger partial charge in [-0.1, -0.05) is 0 Å². The number of nitrogens with zero attached hydrogens (tertiary/aromatic N) is 1. The molecule has 1 aromatic rings. The average Bonchev–Trinajstić information content (AvgIpc) is 2.96. The Labute approximate surface area is 115 Å². The van der Waals surface area contributed by atoms with Crippen LogP contribution in [0.2, 0.25) is 0 Å². The summed E-state index contributed by atoms with van der Waals surface area (Å²) in [5.74, 6) is -0.148. The van der Waals surface area contributed by atoms with E-state index in [-0.39, 0.29) is 5.82 Å². The van der Waals surface area contributed by atoms with Gasteiger partial charge >= 0.3 is 0 Å². The molecular weight excluding hydrogens is 330 g/mol. The lowest BCUT2D eigenvalue weighted by Crippen LogP contribution is -2.34. The quantitative estimate of drug-likeness (QED) is 0.847. The number of benzene rings is 1. The molecule has 0 bridgehead atoms. The molecule has 1 unspecified atom stereocenters. The summed E-state index contributed by atoms with van der Waals surface area (Å²) in [5.41, 5.74) is 1.17. The van der Waals surface area contributed by atoms with E-state index in [0.717, 1.165) is 22.7 Å². The van der Waals surface area contributed by atoms with E-state index < -0.39 is 0 Å². The lowest BCUT2D eigenvalue weighted by molar-refractivity contribution is 0.548. The van der Waals surface area contributed by atoms with Crippen molar-refractivity contribution >= 4 is 28.3 Å². The number of nitrogens with one attached hydrogen (secondary N) is 1. The van der Waals surface area contributed by atoms with Crippen molar-refractivity contribution in [2.75, 3.05) is 18.0 Å². The summed E-state index contributed by atoms with van der Waals surface area (Å²) in [7, 11) is 0. The van der Waals surface area contributed by atoms with Gasteiger partial charge in [-0.2, -0.15) is 0 Å². The maximum atomic E-state index is 13.1. The van der Waals surface area contributed by atoms with Gasteiger partial charge in [0.25, 0.3) is 0 Å². The fraction of sp³-hybridized carbons (Fsp3) is 0.538. The number of anilines is 1. The topological polar surface area (TPSA) is 15.3 Å². The summed E-state index contributed by atoms with van der Waals surface area (Å²) >= 11 is 2.22. The molecule has 1 heterocycles. The van der Waals surface area contributed by atoms with Crippen LogP contribution in [0.3, 0.4) is 0 Å². The van der Waals surface area contributed by atoms with Crippen molar-refractivity contribution < 1.29 is 4.39 Å². The van der Waals surface area contributed by atoms with Gasteiger partial charge in [-0.15, -0.1) is 0 Å². The molecule has 0 spiro atoms. The first-order valence-electron chi connectivity index (χ1n) is 6.18. The third kappa shape index (κ3) is 2.73. The van der Waals surface area contributed by atoms with E-state index >= 15 is 0 Å². The molecule has 0 amide bonds. The molecule has 1 N–H and O–H groups in total. The predicted molar refractivity (Wildman–Crippen MR) is 75.9 cm³/mol. The van der Waals surface area contributed by atoms with Gasteiger partial charge in [0.05, 0.1) is 5.69 Å². The monoisotopic (exact) mass is 346 g/mol. The van der Waals surface area contributed by atoms with Crippen LogP contribution >= 0.6 is 22.6 Å². The summed E-state index contributed by atoms with van der Waals surface area (Å²) in [5, 5.41) is 3.67. The zero-order valence-electron chi connectivity index (χ0n) is 9.63. The maximum Gasteiger partial charge on any atom is 0.124 e. The Bertz CT molecular complexity index is 420. The van der Waals surface area contributed by atoms with Crippen LogP contribution in [-0.4, -0.2) is 25.2 Å². The molecule has 0 aromatic heterocycles. The first-order valence-corrected chi connectivity index (χ1v) is 7.26. The first-order chi connectivity index (χ1) is 8.22. The maximum absolute atomic E-state index is 13.1. The first kappa shape index (κ1) is 11.7. The third-order valence-corrected chi connectivity index (χ3v) is 4.35. The number of hydrogen-bond acceptors (Lipinski definition) is 2. The van der Waals surface area contributed by atoms with Gasteiger partial charge in [0.2, 0.25) is 0 Å². The van der Waals surface area contributed by atoms with Crippen molar-refractivity contribution in [3.8, 4) is 0 Å². The zero-order valence-corrected chi connectivity index (χ0v) is 11.8. The van der Waals surface area contributed by atoms with Crippen molar-refractivity contribution in [2.45, 2.75) is 31.3 Å². The van der Waals surface area contributed by atoms with Crippen molar-refractivity contribution in [3.63, 3.8) is 0 Å². The number of halogens is 2. The molecule has 2 aliphatic rings. The smallest absolute Gasteiger partial charge is 0.124 e. The van der Waals surface area contributed by atoms with Gasteiger partial charge in [0.15, 0.2) is 0 Å². The molecule has 3 rings (SSSR count). The van der Waals surface area contributed by atoms with E-state index in [4.69, 9.17) is 0 Å². The van der Waals surface area contributed by atoms with Gasteiger partial charge in [0.1, 0.15) is 5.82 Å². The summed E-state index contributed by atoms with van der Waals surface area (Å²) in [6.45, 7) is 2.13. The minimum absolute atomic E-state index is 0.148. The predicted octanol–water partition coefficient (Wildman–Crippen LogP) is 2.76. The van der Waals surface area contributed by atoms with Crippen molar-refractivity contribution in [1.29, 1.82) is 0 Å². The van der Waals surface area contributed by atoms with Crippen LogP contribution in [0.1, 0.15) is 19.3 Å². The highest BCUT2D eigenvalue weighted by atomic mass is 127. The van der Waals surface area contributed by atoms with Gasteiger partial charge in [0, 0.05) is 28.7 Å². The van der Waals surface area contributed by atoms with Gasteiger partial charge in [-0.25, -0.2) is 4.39 Å². The molecule has 1 aliphatic carbocycles. The van der Waals surface area contributed by atoms with E-state index in [1.165, 1.54) is 24.9 Å². The Kier molecular flexibility index (Phi) is 3.25. The second-order valence-corrected chi connectivity index (χ2v) is 6.13. The Balaban J connectivity index is 1.68. The number of rotatable bonds is 3. The summed E-state index contributed by atoms with van der Waals surface area (Å²) in [6.07, 6.45) is 3.87. The van der Waals surface area contributed by atoms with Crippen LogP contribution in [0.5, 0.6) is 0 Å². The highest BCUT2D eigenvalue weighted by Gasteiger charge is 2.29. The second-order valence-electron chi connectivity index (χ2n) is 4.97. The van der Waals surface area contributed by atoms with Gasteiger partial charge in [-0.3, -0.25) is 0 Å². The SMILES string of the molecule is Fc1ccc(N2CCC(NC3CC3)C2)c(I)c1. The lowest BCUT2D eigenvalue weighted by atomic mass is 10.2. The molecule has 17 heavy (non-hydrogen) atoms. The summed E-state index contributed by atoms with van der Waals surface area (Å²) < 4.78 is 14.1. The molecule has 0 radical (unpaired) electrons. The molecule has 92 valence electrons. The Morgan fingerprint density at radius 1 is 1.24 bits per heavy atom. The van der Waals surface area contributed by atoms with Crippen molar-refractivity contribution in [2.24, 2.45) is 0 Å². The summed E-state index contributed by atoms with van der Waals surface area (Å²) in [4.78, 5) is 2.36. The Hall–Kier alpha value is -0.360. The fourth-order valence-electron chi connectivity index (χ4n) is 2.44. The van der Waals surface area contributed by atoms with E-state index in [1.807, 2.05) is 6.07 Å². The number of hydrogen-bond donors (Lipinski definition) is 1. The summed E-state index contributed by atoms with van der Waals surface area (Å²) in [6, 6.07) is 6.45. The van der Waals surface area contributed by atoms with Crippen LogP contribution in [0.15, 0.2) is 18.2 Å². The molecule has 2 fully saturated rings. The normalized spacial score (nSPS) is 24.4. The minimum Gasteiger partial charge on any atom is -0.369 e. The lowest BCUT2D eigenvalue weighted by Gasteiger charge is -2.20. The van der Waals surface area contributed by atoms with Gasteiger partial charge in [-0.05, 0) is 60.1 Å². The van der Waals surface area contributed by atoms with Crippen LogP contribution in [-0.2, 0) is 0 Å². The second kappa shape index (κ2) is 4.72. The fourth-order valence-corrected chi connectivity index (χ4v) is 3.25. The van der Waals surface area contributed by atoms with Crippen LogP contribution in [0, 0.1) is 9.39 Å². The van der Waals surface area contributed by atoms with Crippen LogP contribution in [0.25, 0.3) is 0 Å². The Morgan fingerprint density at radius 2 is 2.06 bits per heavy atom. The molecule has 1 aromatic carbocycles. The van der Waals surface area contributed by atoms with Crippen LogP contribution in [0.4, 0.5) is 10.1 Å². The average molecular weight is 346 g/mol. The molecule has 1 aliphatic heterocycles. The largest absolute Gasteiger partial charge is 0.369 e. The zero-order chi connectivity index (χ0) is 11.8. The Morgan fingerprint density at radius 3 is 2.76 bits per heavy atom. The van der Waals surface area contributed by atoms with Crippen LogP contribution < -0.4 is 10.2 Å².